The Bertz CT molecular complexity index is 1820. The summed E-state index contributed by atoms with van der Waals surface area (Å²) in [6, 6.07) is 11.7. The molecule has 1 spiro atoms. The summed E-state index contributed by atoms with van der Waals surface area (Å²) in [5.41, 5.74) is 2.82. The van der Waals surface area contributed by atoms with Crippen LogP contribution < -0.4 is 14.4 Å². The van der Waals surface area contributed by atoms with Crippen LogP contribution in [0.15, 0.2) is 52.9 Å². The second-order valence-corrected chi connectivity index (χ2v) is 17.9. The molecule has 6 aliphatic rings. The van der Waals surface area contributed by atoms with Crippen LogP contribution in [-0.2, 0) is 36.0 Å². The fraction of sp³-hybridized carbons (Fsp3) is 0.579. The predicted octanol–water partition coefficient (Wildman–Crippen LogP) is 6.13. The molecule has 0 radical (unpaired) electrons. The molecule has 8 atom stereocenters. The number of rotatable bonds is 3. The molecule has 0 aromatic heterocycles. The Kier molecular flexibility index (Phi) is 8.61. The van der Waals surface area contributed by atoms with E-state index in [0.717, 1.165) is 61.7 Å². The van der Waals surface area contributed by atoms with E-state index in [4.69, 9.17) is 25.8 Å². The second-order valence-electron chi connectivity index (χ2n) is 15.5. The summed E-state index contributed by atoms with van der Waals surface area (Å²) >= 11 is 6.45. The van der Waals surface area contributed by atoms with Gasteiger partial charge in [-0.2, -0.15) is 0 Å². The molecule has 2 saturated carbocycles. The van der Waals surface area contributed by atoms with Gasteiger partial charge < -0.3 is 19.1 Å². The van der Waals surface area contributed by atoms with Gasteiger partial charge in [-0.25, -0.2) is 4.21 Å². The van der Waals surface area contributed by atoms with Crippen molar-refractivity contribution in [3.8, 4) is 5.75 Å². The third-order valence-corrected chi connectivity index (χ3v) is 14.4. The van der Waals surface area contributed by atoms with Crippen LogP contribution in [0.2, 0.25) is 5.02 Å². The lowest BCUT2D eigenvalue weighted by atomic mass is 9.68. The number of hydrogen-bond acceptors (Lipinski definition) is 7. The van der Waals surface area contributed by atoms with Gasteiger partial charge in [0, 0.05) is 42.1 Å². The highest BCUT2D eigenvalue weighted by Crippen LogP contribution is 2.57. The molecule has 2 aromatic carbocycles. The van der Waals surface area contributed by atoms with Crippen molar-refractivity contribution in [3.05, 3.63) is 70.3 Å². The van der Waals surface area contributed by atoms with Crippen LogP contribution in [-0.4, -0.2) is 67.9 Å². The Morgan fingerprint density at radius 3 is 2.82 bits per heavy atom. The zero-order valence-corrected chi connectivity index (χ0v) is 29.9. The molecule has 1 unspecified atom stereocenters. The molecule has 3 aliphatic carbocycles. The summed E-state index contributed by atoms with van der Waals surface area (Å²) in [6.45, 7) is 4.87. The first kappa shape index (κ1) is 33.2. The standard InChI is InChI=1S/C38H46ClN3O6S/c1-24-5-3-7-33(46-2)30-11-8-27(30)18-42-21-37(14-4-6-25-15-29(39)10-12-31(25)37)22-48-34-13-9-26(16-32(34)42)35(43)40-49(45,20-24)41-36(44)38-17-28(38)19-47-23-38/h3,7,9-10,12-13,15-16,24,27-28,30,33H,4-6,8,11,14,17-23H2,1-2H3,(H,40,41,43,44,45)/b7-3+/t24-,27-,28?,30+,33-,37-,38+,49-/m0/s1. The Morgan fingerprint density at radius 1 is 1.18 bits per heavy atom. The minimum atomic E-state index is -3.44. The average molecular weight is 708 g/mol. The molecule has 1 saturated heterocycles. The fourth-order valence-corrected chi connectivity index (χ4v) is 11.3. The van der Waals surface area contributed by atoms with Gasteiger partial charge in [0.15, 0.2) is 0 Å². The number of carbonyl (C=O) groups is 2. The summed E-state index contributed by atoms with van der Waals surface area (Å²) in [5, 5.41) is 0.747. The molecular formula is C38H46ClN3O6S. The van der Waals surface area contributed by atoms with Gasteiger partial charge in [-0.05, 0) is 104 Å². The second kappa shape index (κ2) is 12.7. The van der Waals surface area contributed by atoms with Crippen molar-refractivity contribution in [1.82, 2.24) is 4.72 Å². The molecule has 11 heteroatoms. The van der Waals surface area contributed by atoms with Crippen molar-refractivity contribution in [1.29, 1.82) is 0 Å². The molecule has 1 N–H and O–H groups in total. The molecule has 3 fully saturated rings. The molecule has 3 heterocycles. The summed E-state index contributed by atoms with van der Waals surface area (Å²) in [7, 11) is -1.67. The monoisotopic (exact) mass is 707 g/mol. The number of hydrogen-bond donors (Lipinski definition) is 1. The molecule has 49 heavy (non-hydrogen) atoms. The number of methoxy groups -OCH3 is 1. The van der Waals surface area contributed by atoms with E-state index in [0.29, 0.717) is 50.1 Å². The highest BCUT2D eigenvalue weighted by molar-refractivity contribution is 7.92. The number of nitrogens with one attached hydrogen (secondary N) is 1. The third kappa shape index (κ3) is 6.10. The Morgan fingerprint density at radius 2 is 2.06 bits per heavy atom. The van der Waals surface area contributed by atoms with Gasteiger partial charge in [-0.15, -0.1) is 4.36 Å². The zero-order chi connectivity index (χ0) is 34.0. The SMILES string of the molecule is CO[C@H]1/C=C/C[C@H](C)C[S@@](=O)(NC(=O)[C@]23COCC2C3)=NC(=O)c2ccc3c(c2)N(C[C@@H]2CC[C@H]21)C[C@@]1(CCCc2cc(Cl)ccc21)CO3. The number of amides is 2. The van der Waals surface area contributed by atoms with Crippen LogP contribution in [0, 0.1) is 29.1 Å². The predicted molar refractivity (Wildman–Crippen MR) is 189 cm³/mol. The molecule has 262 valence electrons. The van der Waals surface area contributed by atoms with E-state index in [1.54, 1.807) is 13.2 Å². The number of ether oxygens (including phenoxy) is 3. The van der Waals surface area contributed by atoms with Gasteiger partial charge in [-0.3, -0.25) is 14.3 Å². The Hall–Kier alpha value is -2.92. The van der Waals surface area contributed by atoms with Crippen molar-refractivity contribution in [2.75, 3.05) is 50.7 Å². The maximum Gasteiger partial charge on any atom is 0.286 e. The van der Waals surface area contributed by atoms with Crippen LogP contribution in [0.4, 0.5) is 5.69 Å². The minimum Gasteiger partial charge on any atom is -0.490 e. The molecule has 3 aliphatic heterocycles. The largest absolute Gasteiger partial charge is 0.490 e. The first-order valence-electron chi connectivity index (χ1n) is 17.8. The number of carbonyl (C=O) groups excluding carboxylic acids is 2. The van der Waals surface area contributed by atoms with E-state index in [2.05, 4.69) is 38.3 Å². The normalized spacial score (nSPS) is 37.3. The quantitative estimate of drug-likeness (QED) is 0.383. The van der Waals surface area contributed by atoms with Crippen molar-refractivity contribution < 1.29 is 28.0 Å². The molecule has 2 bridgehead atoms. The van der Waals surface area contributed by atoms with Gasteiger partial charge in [0.2, 0.25) is 5.91 Å². The van der Waals surface area contributed by atoms with Crippen molar-refractivity contribution in [3.63, 3.8) is 0 Å². The molecule has 9 nitrogen and oxygen atoms in total. The number of anilines is 1. The van der Waals surface area contributed by atoms with Gasteiger partial charge in [0.05, 0.1) is 42.8 Å². The average Bonchev–Trinajstić information content (AvgIpc) is 3.67. The van der Waals surface area contributed by atoms with E-state index < -0.39 is 21.2 Å². The molecule has 2 aromatic rings. The van der Waals surface area contributed by atoms with Crippen molar-refractivity contribution in [2.24, 2.45) is 33.4 Å². The lowest BCUT2D eigenvalue weighted by molar-refractivity contribution is -0.125. The lowest BCUT2D eigenvalue weighted by Crippen LogP contribution is -2.49. The maximum atomic E-state index is 14.5. The summed E-state index contributed by atoms with van der Waals surface area (Å²) in [6.07, 6.45) is 10.7. The van der Waals surface area contributed by atoms with Gasteiger partial charge in [0.25, 0.3) is 5.91 Å². The molecular weight excluding hydrogens is 662 g/mol. The minimum absolute atomic E-state index is 0.0389. The first-order valence-corrected chi connectivity index (χ1v) is 19.9. The molecule has 8 rings (SSSR count). The van der Waals surface area contributed by atoms with E-state index in [1.165, 1.54) is 11.1 Å². The van der Waals surface area contributed by atoms with Crippen LogP contribution in [0.5, 0.6) is 5.75 Å². The van der Waals surface area contributed by atoms with Crippen LogP contribution >= 0.6 is 11.6 Å². The van der Waals surface area contributed by atoms with Crippen molar-refractivity contribution >= 4 is 39.0 Å². The van der Waals surface area contributed by atoms with E-state index >= 15 is 0 Å². The lowest BCUT2D eigenvalue weighted by Gasteiger charge is -2.46. The summed E-state index contributed by atoms with van der Waals surface area (Å²) < 4.78 is 39.9. The first-order chi connectivity index (χ1) is 23.6. The topological polar surface area (TPSA) is 107 Å². The number of halogens is 1. The number of nitrogens with zero attached hydrogens (tertiary/aromatic N) is 2. The summed E-state index contributed by atoms with van der Waals surface area (Å²) in [4.78, 5) is 29.9. The number of allylic oxidation sites excluding steroid dienone is 1. The van der Waals surface area contributed by atoms with Crippen molar-refractivity contribution in [2.45, 2.75) is 63.4 Å². The highest BCUT2D eigenvalue weighted by atomic mass is 35.5. The van der Waals surface area contributed by atoms with Crippen LogP contribution in [0.1, 0.15) is 66.9 Å². The van der Waals surface area contributed by atoms with Gasteiger partial charge >= 0.3 is 0 Å². The van der Waals surface area contributed by atoms with Crippen LogP contribution in [0.25, 0.3) is 0 Å². The maximum absolute atomic E-state index is 14.5. The van der Waals surface area contributed by atoms with E-state index in [1.807, 2.05) is 25.1 Å². The van der Waals surface area contributed by atoms with E-state index in [-0.39, 0.29) is 35.0 Å². The smallest absolute Gasteiger partial charge is 0.286 e. The number of fused-ring (bicyclic) bond motifs is 5. The Balaban J connectivity index is 1.19. The Labute approximate surface area is 294 Å². The van der Waals surface area contributed by atoms with E-state index in [9.17, 15) is 13.8 Å². The third-order valence-electron chi connectivity index (χ3n) is 12.1. The van der Waals surface area contributed by atoms with Crippen LogP contribution in [0.3, 0.4) is 0 Å². The zero-order valence-electron chi connectivity index (χ0n) is 28.3. The number of benzene rings is 2. The van der Waals surface area contributed by atoms with Gasteiger partial charge in [-0.1, -0.05) is 36.7 Å². The highest BCUT2D eigenvalue weighted by Gasteiger charge is 2.64. The fourth-order valence-electron chi connectivity index (χ4n) is 9.12. The number of aryl methyl sites for hydroxylation is 1. The molecule has 2 amide bonds. The van der Waals surface area contributed by atoms with Gasteiger partial charge in [0.1, 0.15) is 15.7 Å². The summed E-state index contributed by atoms with van der Waals surface area (Å²) in [5.74, 6) is 0.636.